The Morgan fingerprint density at radius 1 is 1.27 bits per heavy atom. The number of rotatable bonds is 1. The molecule has 0 heterocycles. The van der Waals surface area contributed by atoms with E-state index in [1.165, 1.54) is 0 Å². The lowest BCUT2D eigenvalue weighted by molar-refractivity contribution is -0.00599. The third-order valence-electron chi connectivity index (χ3n) is 2.73. The van der Waals surface area contributed by atoms with Gasteiger partial charge in [0.05, 0.1) is 0 Å². The molecule has 1 unspecified atom stereocenters. The molecular weight excluding hydrogens is 172 g/mol. The van der Waals surface area contributed by atoms with Crippen molar-refractivity contribution in [1.29, 1.82) is 0 Å². The Hall–Kier alpha value is 0.110. The Labute approximate surface area is 71.0 Å². The highest BCUT2D eigenvalue weighted by molar-refractivity contribution is 5.85. The minimum absolute atomic E-state index is 0. The molecule has 0 aromatic heterocycles. The van der Waals surface area contributed by atoms with E-state index >= 15 is 0 Å². The molecule has 0 spiro atoms. The Morgan fingerprint density at radius 2 is 1.73 bits per heavy atom. The predicted molar refractivity (Wildman–Crippen MR) is 41.3 cm³/mol. The van der Waals surface area contributed by atoms with Crippen molar-refractivity contribution in [3.63, 3.8) is 0 Å². The summed E-state index contributed by atoms with van der Waals surface area (Å²) >= 11 is 0. The molecule has 2 fully saturated rings. The van der Waals surface area contributed by atoms with Gasteiger partial charge < -0.3 is 5.32 Å². The summed E-state index contributed by atoms with van der Waals surface area (Å²) < 4.78 is 25.0. The van der Waals surface area contributed by atoms with Crippen molar-refractivity contribution in [3.05, 3.63) is 0 Å². The number of hydrogen-bond acceptors (Lipinski definition) is 1. The molecular formula is C7H12ClF2N. The predicted octanol–water partition coefficient (Wildman–Crippen LogP) is 1.67. The van der Waals surface area contributed by atoms with Crippen LogP contribution in [0.3, 0.4) is 0 Å². The van der Waals surface area contributed by atoms with Gasteiger partial charge in [0.15, 0.2) is 0 Å². The Balaban J connectivity index is 0.000000605. The molecule has 66 valence electrons. The largest absolute Gasteiger partial charge is 0.316 e. The van der Waals surface area contributed by atoms with Crippen molar-refractivity contribution >= 4 is 12.4 Å². The van der Waals surface area contributed by atoms with Gasteiger partial charge in [-0.1, -0.05) is 0 Å². The Kier molecular flexibility index (Phi) is 2.14. The smallest absolute Gasteiger partial charge is 0.248 e. The van der Waals surface area contributed by atoms with E-state index in [0.29, 0.717) is 6.04 Å². The minimum atomic E-state index is -2.34. The van der Waals surface area contributed by atoms with Crippen molar-refractivity contribution < 1.29 is 8.78 Å². The van der Waals surface area contributed by atoms with Gasteiger partial charge in [0, 0.05) is 18.9 Å². The zero-order chi connectivity index (χ0) is 7.35. The summed E-state index contributed by atoms with van der Waals surface area (Å²) in [4.78, 5) is 0. The van der Waals surface area contributed by atoms with Crippen LogP contribution < -0.4 is 5.32 Å². The van der Waals surface area contributed by atoms with Gasteiger partial charge in [0.25, 0.3) is 0 Å². The molecule has 2 rings (SSSR count). The van der Waals surface area contributed by atoms with Crippen LogP contribution in [-0.4, -0.2) is 19.0 Å². The van der Waals surface area contributed by atoms with E-state index in [4.69, 9.17) is 0 Å². The van der Waals surface area contributed by atoms with Crippen LogP contribution in [0, 0.1) is 11.8 Å². The van der Waals surface area contributed by atoms with Gasteiger partial charge in [-0.25, -0.2) is 8.78 Å². The van der Waals surface area contributed by atoms with Crippen LogP contribution in [0.5, 0.6) is 0 Å². The van der Waals surface area contributed by atoms with Gasteiger partial charge in [-0.15, -0.1) is 12.4 Å². The van der Waals surface area contributed by atoms with Crippen LogP contribution in [0.25, 0.3) is 0 Å². The highest BCUT2D eigenvalue weighted by atomic mass is 35.5. The first-order chi connectivity index (χ1) is 4.64. The zero-order valence-corrected chi connectivity index (χ0v) is 7.13. The quantitative estimate of drug-likeness (QED) is 0.652. The second-order valence-electron chi connectivity index (χ2n) is 3.41. The normalized spacial score (nSPS) is 44.5. The molecule has 0 aromatic carbocycles. The first kappa shape index (κ1) is 9.20. The summed E-state index contributed by atoms with van der Waals surface area (Å²) in [6.45, 7) is 0. The molecule has 0 aromatic rings. The Bertz CT molecular complexity index is 149. The highest BCUT2D eigenvalue weighted by Crippen LogP contribution is 2.57. The number of fused-ring (bicyclic) bond motifs is 1. The second kappa shape index (κ2) is 2.56. The van der Waals surface area contributed by atoms with Crippen molar-refractivity contribution in [2.45, 2.75) is 24.8 Å². The molecule has 11 heavy (non-hydrogen) atoms. The standard InChI is InChI=1S/C7H11F2N.ClH/c1-10-6-4-2-7(8,9)3-5(4)6;/h4-6,10H,2-3H2,1H3;1H/t4-,5+,6?;. The summed E-state index contributed by atoms with van der Waals surface area (Å²) in [7, 11) is 1.85. The number of halogens is 3. The minimum Gasteiger partial charge on any atom is -0.316 e. The lowest BCUT2D eigenvalue weighted by atomic mass is 10.2. The van der Waals surface area contributed by atoms with Gasteiger partial charge in [0.1, 0.15) is 0 Å². The third kappa shape index (κ3) is 1.36. The van der Waals surface area contributed by atoms with E-state index in [0.717, 1.165) is 0 Å². The maximum atomic E-state index is 12.5. The van der Waals surface area contributed by atoms with E-state index < -0.39 is 5.92 Å². The molecule has 2 aliphatic rings. The van der Waals surface area contributed by atoms with E-state index in [9.17, 15) is 8.78 Å². The fraction of sp³-hybridized carbons (Fsp3) is 1.00. The average Bonchev–Trinajstić information content (AvgIpc) is 2.30. The average molecular weight is 184 g/mol. The second-order valence-corrected chi connectivity index (χ2v) is 3.41. The van der Waals surface area contributed by atoms with Crippen LogP contribution in [0.15, 0.2) is 0 Å². The highest BCUT2D eigenvalue weighted by Gasteiger charge is 2.62. The fourth-order valence-electron chi connectivity index (χ4n) is 2.20. The molecule has 2 aliphatic carbocycles. The van der Waals surface area contributed by atoms with Gasteiger partial charge >= 0.3 is 0 Å². The van der Waals surface area contributed by atoms with Crippen LogP contribution >= 0.6 is 12.4 Å². The van der Waals surface area contributed by atoms with E-state index in [1.54, 1.807) is 0 Å². The molecule has 1 nitrogen and oxygen atoms in total. The van der Waals surface area contributed by atoms with E-state index in [1.807, 2.05) is 7.05 Å². The molecule has 0 amide bonds. The SMILES string of the molecule is CNC1[C@H]2CC(F)(F)C[C@@H]12.Cl. The summed E-state index contributed by atoms with van der Waals surface area (Å²) in [5.74, 6) is -1.79. The molecule has 0 saturated heterocycles. The molecule has 1 N–H and O–H groups in total. The van der Waals surface area contributed by atoms with Gasteiger partial charge in [0.2, 0.25) is 5.92 Å². The first-order valence-corrected chi connectivity index (χ1v) is 3.69. The topological polar surface area (TPSA) is 12.0 Å². The van der Waals surface area contributed by atoms with Crippen molar-refractivity contribution in [3.8, 4) is 0 Å². The molecule has 3 atom stereocenters. The van der Waals surface area contributed by atoms with Crippen LogP contribution in [-0.2, 0) is 0 Å². The van der Waals surface area contributed by atoms with E-state index in [-0.39, 0.29) is 37.1 Å². The van der Waals surface area contributed by atoms with Crippen molar-refractivity contribution in [2.75, 3.05) is 7.05 Å². The summed E-state index contributed by atoms with van der Waals surface area (Å²) in [6, 6.07) is 0.402. The maximum Gasteiger partial charge on any atom is 0.248 e. The number of alkyl halides is 2. The lowest BCUT2D eigenvalue weighted by Gasteiger charge is -2.11. The van der Waals surface area contributed by atoms with Crippen LogP contribution in [0.4, 0.5) is 8.78 Å². The molecule has 0 radical (unpaired) electrons. The monoisotopic (exact) mass is 183 g/mol. The maximum absolute atomic E-state index is 12.5. The summed E-state index contributed by atoms with van der Waals surface area (Å²) in [5, 5.41) is 3.05. The zero-order valence-electron chi connectivity index (χ0n) is 6.31. The molecule has 2 saturated carbocycles. The molecule has 0 bridgehead atoms. The summed E-state index contributed by atoms with van der Waals surface area (Å²) in [6.07, 6.45) is 0.229. The van der Waals surface area contributed by atoms with Gasteiger partial charge in [-0.3, -0.25) is 0 Å². The van der Waals surface area contributed by atoms with Crippen molar-refractivity contribution in [2.24, 2.45) is 11.8 Å². The first-order valence-electron chi connectivity index (χ1n) is 3.69. The fourth-order valence-corrected chi connectivity index (χ4v) is 2.20. The molecule has 0 aliphatic heterocycles. The lowest BCUT2D eigenvalue weighted by Crippen LogP contribution is -2.22. The van der Waals surface area contributed by atoms with Gasteiger partial charge in [-0.05, 0) is 18.9 Å². The van der Waals surface area contributed by atoms with Crippen LogP contribution in [0.2, 0.25) is 0 Å². The van der Waals surface area contributed by atoms with Crippen LogP contribution in [0.1, 0.15) is 12.8 Å². The number of nitrogens with one attached hydrogen (secondary N) is 1. The summed E-state index contributed by atoms with van der Waals surface area (Å²) in [5.41, 5.74) is 0. The number of hydrogen-bond donors (Lipinski definition) is 1. The third-order valence-corrected chi connectivity index (χ3v) is 2.73. The van der Waals surface area contributed by atoms with Gasteiger partial charge in [-0.2, -0.15) is 0 Å². The van der Waals surface area contributed by atoms with Crippen molar-refractivity contribution in [1.82, 2.24) is 5.32 Å². The van der Waals surface area contributed by atoms with E-state index in [2.05, 4.69) is 5.32 Å². The molecule has 4 heteroatoms. The Morgan fingerprint density at radius 3 is 2.09 bits per heavy atom.